The molecule has 2 aromatic carbocycles. The van der Waals surface area contributed by atoms with Crippen molar-refractivity contribution in [2.45, 2.75) is 12.5 Å². The van der Waals surface area contributed by atoms with Crippen LogP contribution in [-0.2, 0) is 11.2 Å². The Hall–Kier alpha value is -1.88. The number of anilines is 1. The number of nitrogens with one attached hydrogen (secondary N) is 1. The van der Waals surface area contributed by atoms with Crippen LogP contribution >= 0.6 is 12.4 Å². The van der Waals surface area contributed by atoms with E-state index >= 15 is 0 Å². The van der Waals surface area contributed by atoms with Crippen molar-refractivity contribution in [3.05, 3.63) is 65.7 Å². The molecule has 0 spiro atoms. The van der Waals surface area contributed by atoms with Gasteiger partial charge in [0.1, 0.15) is 6.04 Å². The number of hydrogen-bond acceptors (Lipinski definition) is 3. The second kappa shape index (κ2) is 7.34. The molecule has 1 amide bonds. The van der Waals surface area contributed by atoms with Gasteiger partial charge in [-0.3, -0.25) is 14.6 Å². The third-order valence-corrected chi connectivity index (χ3v) is 4.70. The maximum Gasteiger partial charge on any atom is 0.246 e. The van der Waals surface area contributed by atoms with Gasteiger partial charge in [0.25, 0.3) is 0 Å². The number of carbonyl (C=O) groups is 1. The van der Waals surface area contributed by atoms with Gasteiger partial charge in [-0.05, 0) is 29.7 Å². The zero-order valence-corrected chi connectivity index (χ0v) is 14.3. The number of rotatable bonds is 3. The molecule has 2 aliphatic heterocycles. The Morgan fingerprint density at radius 3 is 2.62 bits per heavy atom. The maximum atomic E-state index is 12.7. The summed E-state index contributed by atoms with van der Waals surface area (Å²) in [6, 6.07) is 18.8. The first-order chi connectivity index (χ1) is 11.3. The quantitative estimate of drug-likeness (QED) is 0.928. The summed E-state index contributed by atoms with van der Waals surface area (Å²) in [4.78, 5) is 16.8. The van der Waals surface area contributed by atoms with Gasteiger partial charge < -0.3 is 5.32 Å². The van der Waals surface area contributed by atoms with Gasteiger partial charge in [-0.1, -0.05) is 42.5 Å². The van der Waals surface area contributed by atoms with E-state index in [4.69, 9.17) is 0 Å². The summed E-state index contributed by atoms with van der Waals surface area (Å²) in [6.07, 6.45) is 0.894. The van der Waals surface area contributed by atoms with E-state index in [0.717, 1.165) is 31.7 Å². The smallest absolute Gasteiger partial charge is 0.246 e. The topological polar surface area (TPSA) is 35.6 Å². The molecule has 0 bridgehead atoms. The largest absolute Gasteiger partial charge is 0.313 e. The molecule has 5 heteroatoms. The Balaban J connectivity index is 0.00000169. The molecule has 0 radical (unpaired) electrons. The lowest BCUT2D eigenvalue weighted by Gasteiger charge is -2.26. The number of halogens is 1. The van der Waals surface area contributed by atoms with Crippen LogP contribution in [0.4, 0.5) is 5.69 Å². The molecule has 1 N–H and O–H groups in total. The SMILES string of the molecule is Cl.O=C1C2CNCCN2CN1c1cccc(Cc2ccccc2)c1. The highest BCUT2D eigenvalue weighted by molar-refractivity contribution is 5.99. The number of amides is 1. The molecule has 24 heavy (non-hydrogen) atoms. The van der Waals surface area contributed by atoms with Gasteiger partial charge in [0.15, 0.2) is 0 Å². The highest BCUT2D eigenvalue weighted by Crippen LogP contribution is 2.25. The molecular weight excluding hydrogens is 322 g/mol. The Bertz CT molecular complexity index is 707. The molecule has 0 aromatic heterocycles. The second-order valence-electron chi connectivity index (χ2n) is 6.27. The van der Waals surface area contributed by atoms with Crippen LogP contribution in [-0.4, -0.2) is 43.2 Å². The van der Waals surface area contributed by atoms with Crippen molar-refractivity contribution < 1.29 is 4.79 Å². The Kier molecular flexibility index (Phi) is 5.19. The summed E-state index contributed by atoms with van der Waals surface area (Å²) in [5.74, 6) is 0.217. The van der Waals surface area contributed by atoms with Crippen molar-refractivity contribution in [3.63, 3.8) is 0 Å². The predicted octanol–water partition coefficient (Wildman–Crippen LogP) is 2.28. The van der Waals surface area contributed by atoms with E-state index in [-0.39, 0.29) is 24.4 Å². The lowest BCUT2D eigenvalue weighted by atomic mass is 10.0. The molecule has 0 aliphatic carbocycles. The van der Waals surface area contributed by atoms with E-state index in [1.807, 2.05) is 17.0 Å². The van der Waals surface area contributed by atoms with Crippen LogP contribution in [0, 0.1) is 0 Å². The molecule has 1 unspecified atom stereocenters. The van der Waals surface area contributed by atoms with Crippen molar-refractivity contribution >= 4 is 24.0 Å². The standard InChI is InChI=1S/C19H21N3O.ClH/c23-19-18-13-20-9-10-21(18)14-22(19)17-8-4-7-16(12-17)11-15-5-2-1-3-6-15;/h1-8,12,18,20H,9-11,13-14H2;1H. The molecule has 1 atom stereocenters. The fourth-order valence-corrected chi connectivity index (χ4v) is 3.47. The second-order valence-corrected chi connectivity index (χ2v) is 6.27. The fourth-order valence-electron chi connectivity index (χ4n) is 3.47. The molecule has 0 saturated carbocycles. The molecule has 2 saturated heterocycles. The van der Waals surface area contributed by atoms with Crippen LogP contribution in [0.25, 0.3) is 0 Å². The predicted molar refractivity (Wildman–Crippen MR) is 98.7 cm³/mol. The molecule has 2 aliphatic rings. The number of hydrogen-bond donors (Lipinski definition) is 1. The summed E-state index contributed by atoms with van der Waals surface area (Å²) in [5.41, 5.74) is 3.54. The number of carbonyl (C=O) groups excluding carboxylic acids is 1. The Morgan fingerprint density at radius 2 is 1.83 bits per heavy atom. The normalized spacial score (nSPS) is 20.6. The van der Waals surface area contributed by atoms with E-state index in [1.165, 1.54) is 11.1 Å². The van der Waals surface area contributed by atoms with E-state index in [1.54, 1.807) is 0 Å². The fraction of sp³-hybridized carbons (Fsp3) is 0.316. The summed E-state index contributed by atoms with van der Waals surface area (Å²) in [6.45, 7) is 3.38. The van der Waals surface area contributed by atoms with Crippen LogP contribution in [0.3, 0.4) is 0 Å². The zero-order valence-electron chi connectivity index (χ0n) is 13.5. The monoisotopic (exact) mass is 343 g/mol. The van der Waals surface area contributed by atoms with Gasteiger partial charge in [0.2, 0.25) is 5.91 Å². The summed E-state index contributed by atoms with van der Waals surface area (Å²) < 4.78 is 0. The summed E-state index contributed by atoms with van der Waals surface area (Å²) >= 11 is 0. The molecule has 2 heterocycles. The third kappa shape index (κ3) is 3.31. The summed E-state index contributed by atoms with van der Waals surface area (Å²) in [5, 5.41) is 3.31. The highest BCUT2D eigenvalue weighted by Gasteiger charge is 2.40. The van der Waals surface area contributed by atoms with Gasteiger partial charge in [-0.15, -0.1) is 12.4 Å². The zero-order chi connectivity index (χ0) is 15.6. The molecule has 126 valence electrons. The number of nitrogens with zero attached hydrogens (tertiary/aromatic N) is 2. The lowest BCUT2D eigenvalue weighted by molar-refractivity contribution is -0.119. The first kappa shape index (κ1) is 17.0. The minimum Gasteiger partial charge on any atom is -0.313 e. The van der Waals surface area contributed by atoms with Crippen molar-refractivity contribution in [1.29, 1.82) is 0 Å². The van der Waals surface area contributed by atoms with Gasteiger partial charge in [-0.25, -0.2) is 0 Å². The third-order valence-electron chi connectivity index (χ3n) is 4.70. The van der Waals surface area contributed by atoms with E-state index in [9.17, 15) is 4.79 Å². The first-order valence-corrected chi connectivity index (χ1v) is 8.20. The van der Waals surface area contributed by atoms with Crippen molar-refractivity contribution in [2.24, 2.45) is 0 Å². The van der Waals surface area contributed by atoms with Gasteiger partial charge in [-0.2, -0.15) is 0 Å². The van der Waals surface area contributed by atoms with E-state index < -0.39 is 0 Å². The minimum absolute atomic E-state index is 0. The van der Waals surface area contributed by atoms with Crippen LogP contribution < -0.4 is 10.2 Å². The minimum atomic E-state index is 0. The Labute approximate surface area is 148 Å². The van der Waals surface area contributed by atoms with Gasteiger partial charge >= 0.3 is 0 Å². The van der Waals surface area contributed by atoms with E-state index in [2.05, 4.69) is 52.7 Å². The van der Waals surface area contributed by atoms with Crippen LogP contribution in [0.15, 0.2) is 54.6 Å². The Morgan fingerprint density at radius 1 is 1.04 bits per heavy atom. The number of benzene rings is 2. The molecule has 4 nitrogen and oxygen atoms in total. The van der Waals surface area contributed by atoms with Crippen molar-refractivity contribution in [1.82, 2.24) is 10.2 Å². The highest BCUT2D eigenvalue weighted by atomic mass is 35.5. The van der Waals surface area contributed by atoms with Crippen LogP contribution in [0.5, 0.6) is 0 Å². The van der Waals surface area contributed by atoms with E-state index in [0.29, 0.717) is 6.67 Å². The maximum absolute atomic E-state index is 12.7. The molecule has 2 aromatic rings. The molecule has 4 rings (SSSR count). The van der Waals surface area contributed by atoms with Crippen molar-refractivity contribution in [2.75, 3.05) is 31.2 Å². The van der Waals surface area contributed by atoms with Crippen LogP contribution in [0.1, 0.15) is 11.1 Å². The lowest BCUT2D eigenvalue weighted by Crippen LogP contribution is -2.50. The van der Waals surface area contributed by atoms with Crippen LogP contribution in [0.2, 0.25) is 0 Å². The van der Waals surface area contributed by atoms with Gasteiger partial charge in [0, 0.05) is 25.3 Å². The average Bonchev–Trinajstić information content (AvgIpc) is 2.93. The number of piperazine rings is 1. The first-order valence-electron chi connectivity index (χ1n) is 8.20. The average molecular weight is 344 g/mol. The van der Waals surface area contributed by atoms with Gasteiger partial charge in [0.05, 0.1) is 6.67 Å². The van der Waals surface area contributed by atoms with Crippen molar-refractivity contribution in [3.8, 4) is 0 Å². The number of fused-ring (bicyclic) bond motifs is 1. The molecule has 2 fully saturated rings. The summed E-state index contributed by atoms with van der Waals surface area (Å²) in [7, 11) is 0. The molecular formula is C19H22ClN3O.